The van der Waals surface area contributed by atoms with E-state index in [-0.39, 0.29) is 11.3 Å². The second kappa shape index (κ2) is 14.5. The van der Waals surface area contributed by atoms with Gasteiger partial charge in [0.05, 0.1) is 19.8 Å². The Morgan fingerprint density at radius 2 is 1.38 bits per heavy atom. The maximum Gasteiger partial charge on any atom is 0.201 e. The summed E-state index contributed by atoms with van der Waals surface area (Å²) in [4.78, 5) is 0. The van der Waals surface area contributed by atoms with E-state index in [2.05, 4.69) is 13.8 Å². The van der Waals surface area contributed by atoms with Crippen molar-refractivity contribution in [2.75, 3.05) is 19.8 Å². The number of halogens is 3. The molecule has 0 aromatic heterocycles. The number of benzene rings is 3. The lowest BCUT2D eigenvalue weighted by Crippen LogP contribution is -2.27. The maximum atomic E-state index is 15.0. The molecule has 4 rings (SSSR count). The number of rotatable bonds is 13. The van der Waals surface area contributed by atoms with Crippen molar-refractivity contribution in [3.63, 3.8) is 0 Å². The molecule has 1 aliphatic rings. The van der Waals surface area contributed by atoms with Crippen LogP contribution in [0, 0.1) is 23.4 Å². The fourth-order valence-electron chi connectivity index (χ4n) is 4.97. The highest BCUT2D eigenvalue weighted by Gasteiger charge is 2.25. The average Bonchev–Trinajstić information content (AvgIpc) is 2.95. The molecule has 0 bridgehead atoms. The van der Waals surface area contributed by atoms with Crippen molar-refractivity contribution in [3.05, 3.63) is 77.6 Å². The van der Waals surface area contributed by atoms with Gasteiger partial charge in [-0.2, -0.15) is 4.39 Å². The van der Waals surface area contributed by atoms with Crippen LogP contribution in [0.25, 0.3) is 22.3 Å². The monoisotopic (exact) mass is 540 g/mol. The first-order chi connectivity index (χ1) is 19.0. The molecule has 3 aromatic carbocycles. The van der Waals surface area contributed by atoms with E-state index in [9.17, 15) is 13.2 Å². The van der Waals surface area contributed by atoms with E-state index in [0.29, 0.717) is 42.4 Å². The fraction of sp³-hybridized carbons (Fsp3) is 0.455. The van der Waals surface area contributed by atoms with Crippen molar-refractivity contribution in [1.29, 1.82) is 0 Å². The van der Waals surface area contributed by atoms with Crippen molar-refractivity contribution in [2.45, 2.75) is 71.5 Å². The average molecular weight is 541 g/mol. The first-order valence-corrected chi connectivity index (χ1v) is 14.3. The third-order valence-electron chi connectivity index (χ3n) is 7.25. The summed E-state index contributed by atoms with van der Waals surface area (Å²) >= 11 is 0. The smallest absolute Gasteiger partial charge is 0.201 e. The zero-order valence-electron chi connectivity index (χ0n) is 23.0. The summed E-state index contributed by atoms with van der Waals surface area (Å²) in [6.45, 7) is 5.78. The van der Waals surface area contributed by atoms with Crippen molar-refractivity contribution < 1.29 is 27.4 Å². The lowest BCUT2D eigenvalue weighted by molar-refractivity contribution is -0.207. The summed E-state index contributed by atoms with van der Waals surface area (Å²) in [7, 11) is 0. The Morgan fingerprint density at radius 1 is 0.718 bits per heavy atom. The molecule has 0 spiro atoms. The van der Waals surface area contributed by atoms with E-state index < -0.39 is 23.7 Å². The van der Waals surface area contributed by atoms with Gasteiger partial charge in [0.1, 0.15) is 5.82 Å². The largest absolute Gasteiger partial charge is 0.490 e. The third-order valence-corrected chi connectivity index (χ3v) is 7.25. The van der Waals surface area contributed by atoms with E-state index in [0.717, 1.165) is 37.7 Å². The zero-order valence-corrected chi connectivity index (χ0v) is 23.0. The molecular formula is C33H39F3O3. The highest BCUT2D eigenvalue weighted by molar-refractivity contribution is 5.71. The quantitative estimate of drug-likeness (QED) is 0.202. The lowest BCUT2D eigenvalue weighted by atomic mass is 9.98. The number of hydrogen-bond donors (Lipinski definition) is 0. The van der Waals surface area contributed by atoms with Gasteiger partial charge in [-0.1, -0.05) is 88.8 Å². The van der Waals surface area contributed by atoms with Gasteiger partial charge in [-0.05, 0) is 47.7 Å². The van der Waals surface area contributed by atoms with Crippen LogP contribution in [-0.2, 0) is 9.47 Å². The normalized spacial score (nSPS) is 17.4. The predicted molar refractivity (Wildman–Crippen MR) is 149 cm³/mol. The third kappa shape index (κ3) is 7.64. The summed E-state index contributed by atoms with van der Waals surface area (Å²) in [5.41, 5.74) is 2.49. The fourth-order valence-corrected chi connectivity index (χ4v) is 4.97. The van der Waals surface area contributed by atoms with E-state index in [1.54, 1.807) is 30.3 Å². The number of ether oxygens (including phenoxy) is 3. The van der Waals surface area contributed by atoms with E-state index in [1.165, 1.54) is 37.5 Å². The Labute approximate surface area is 230 Å². The van der Waals surface area contributed by atoms with Gasteiger partial charge in [-0.15, -0.1) is 0 Å². The molecule has 0 amide bonds. The van der Waals surface area contributed by atoms with Crippen LogP contribution >= 0.6 is 0 Å². The number of unbranched alkanes of at least 4 members (excludes halogenated alkanes) is 5. The molecule has 1 aliphatic heterocycles. The molecule has 0 radical (unpaired) electrons. The second-order valence-corrected chi connectivity index (χ2v) is 10.3. The summed E-state index contributed by atoms with van der Waals surface area (Å²) < 4.78 is 61.6. The van der Waals surface area contributed by atoms with Gasteiger partial charge in [-0.3, -0.25) is 0 Å². The van der Waals surface area contributed by atoms with Crippen LogP contribution in [0.1, 0.15) is 77.1 Å². The summed E-state index contributed by atoms with van der Waals surface area (Å²) in [6, 6.07) is 14.9. The van der Waals surface area contributed by atoms with Crippen LogP contribution in [0.2, 0.25) is 0 Å². The topological polar surface area (TPSA) is 27.7 Å². The molecule has 6 heteroatoms. The molecule has 0 unspecified atom stereocenters. The van der Waals surface area contributed by atoms with Crippen LogP contribution in [0.4, 0.5) is 13.2 Å². The molecule has 1 fully saturated rings. The first kappa shape index (κ1) is 29.2. The molecule has 3 aromatic rings. The van der Waals surface area contributed by atoms with Crippen molar-refractivity contribution in [1.82, 2.24) is 0 Å². The molecular weight excluding hydrogens is 501 g/mol. The van der Waals surface area contributed by atoms with Crippen LogP contribution in [0.5, 0.6) is 5.75 Å². The van der Waals surface area contributed by atoms with E-state index in [1.807, 2.05) is 6.07 Å². The van der Waals surface area contributed by atoms with E-state index in [4.69, 9.17) is 14.2 Å². The molecule has 1 saturated heterocycles. The van der Waals surface area contributed by atoms with Gasteiger partial charge in [0.15, 0.2) is 17.9 Å². The molecule has 0 N–H and O–H groups in total. The number of hydrogen-bond acceptors (Lipinski definition) is 3. The van der Waals surface area contributed by atoms with Crippen molar-refractivity contribution in [3.8, 4) is 28.0 Å². The molecule has 3 nitrogen and oxygen atoms in total. The minimum atomic E-state index is -0.978. The van der Waals surface area contributed by atoms with Crippen LogP contribution in [0.15, 0.2) is 54.6 Å². The van der Waals surface area contributed by atoms with Gasteiger partial charge in [0.2, 0.25) is 5.82 Å². The Bertz CT molecular complexity index is 1190. The minimum absolute atomic E-state index is 0.0659. The van der Waals surface area contributed by atoms with Crippen LogP contribution in [-0.4, -0.2) is 19.8 Å². The molecule has 0 aliphatic carbocycles. The Kier molecular flexibility index (Phi) is 10.9. The summed E-state index contributed by atoms with van der Waals surface area (Å²) in [5.74, 6) is -2.04. The van der Waals surface area contributed by atoms with Gasteiger partial charge in [0.25, 0.3) is 0 Å². The van der Waals surface area contributed by atoms with E-state index >= 15 is 0 Å². The van der Waals surface area contributed by atoms with Gasteiger partial charge < -0.3 is 14.2 Å². The molecule has 39 heavy (non-hydrogen) atoms. The highest BCUT2D eigenvalue weighted by Crippen LogP contribution is 2.34. The predicted octanol–water partition coefficient (Wildman–Crippen LogP) is 9.64. The Balaban J connectivity index is 1.38. The molecule has 1 heterocycles. The zero-order chi connectivity index (χ0) is 27.6. The summed E-state index contributed by atoms with van der Waals surface area (Å²) in [6.07, 6.45) is 7.94. The molecule has 210 valence electrons. The van der Waals surface area contributed by atoms with Gasteiger partial charge >= 0.3 is 0 Å². The molecule has 0 saturated carbocycles. The van der Waals surface area contributed by atoms with Gasteiger partial charge in [0, 0.05) is 17.0 Å². The van der Waals surface area contributed by atoms with Crippen molar-refractivity contribution in [2.24, 2.45) is 5.92 Å². The first-order valence-electron chi connectivity index (χ1n) is 14.3. The molecule has 0 atom stereocenters. The lowest BCUT2D eigenvalue weighted by Gasteiger charge is -2.29. The van der Waals surface area contributed by atoms with Crippen molar-refractivity contribution >= 4 is 0 Å². The Hall–Kier alpha value is -2.83. The Morgan fingerprint density at radius 3 is 2.08 bits per heavy atom. The SMILES string of the molecule is CCCCCCCCOc1ccc(-c2ccc(-c3ccc(C4OCC(CCC)CO4)c(F)c3)cc2)c(F)c1F. The highest BCUT2D eigenvalue weighted by atomic mass is 19.2. The second-order valence-electron chi connectivity index (χ2n) is 10.3. The standard InChI is InChI=1S/C33H39F3O3/c1-3-5-6-7-8-9-19-37-30-18-17-27(31(35)32(30)36)25-13-11-24(12-14-25)26-15-16-28(29(34)20-26)33-38-21-23(10-4-2)22-39-33/h11-18,20,23,33H,3-10,19,21-22H2,1-2H3. The van der Waals surface area contributed by atoms with Gasteiger partial charge in [-0.25, -0.2) is 8.78 Å². The minimum Gasteiger partial charge on any atom is -0.490 e. The van der Waals surface area contributed by atoms with Crippen LogP contribution < -0.4 is 4.74 Å². The summed E-state index contributed by atoms with van der Waals surface area (Å²) in [5, 5.41) is 0. The maximum absolute atomic E-state index is 15.0. The van der Waals surface area contributed by atoms with Crippen LogP contribution in [0.3, 0.4) is 0 Å².